The van der Waals surface area contributed by atoms with Gasteiger partial charge < -0.3 is 15.0 Å². The molecule has 0 radical (unpaired) electrons. The molecule has 1 aromatic rings. The Kier molecular flexibility index (Phi) is 5.56. The molecule has 21 heavy (non-hydrogen) atoms. The Hall–Kier alpha value is -1.62. The van der Waals surface area contributed by atoms with Crippen LogP contribution in [0, 0.1) is 5.82 Å². The number of carbonyl (C=O) groups excluding carboxylic acids is 1. The summed E-state index contributed by atoms with van der Waals surface area (Å²) in [4.78, 5) is 13.0. The maximum atomic E-state index is 13.3. The summed E-state index contributed by atoms with van der Waals surface area (Å²) in [7, 11) is 3.48. The minimum Gasteiger partial charge on any atom is -0.493 e. The SMILES string of the molecule is CN(C)C(=O)CCCOc1ccc(F)cc1CNC1CC1. The number of hydrogen-bond acceptors (Lipinski definition) is 3. The molecule has 1 fully saturated rings. The highest BCUT2D eigenvalue weighted by atomic mass is 19.1. The largest absolute Gasteiger partial charge is 0.493 e. The van der Waals surface area contributed by atoms with Crippen LogP contribution in [0.1, 0.15) is 31.2 Å². The van der Waals surface area contributed by atoms with Crippen LogP contribution in [0.5, 0.6) is 5.75 Å². The molecule has 1 amide bonds. The standard InChI is InChI=1S/C16H23FN2O2/c1-19(2)16(20)4-3-9-21-15-8-5-13(17)10-12(15)11-18-14-6-7-14/h5,8,10,14,18H,3-4,6-7,9,11H2,1-2H3. The Labute approximate surface area is 125 Å². The molecule has 1 aliphatic rings. The van der Waals surface area contributed by atoms with Gasteiger partial charge in [0.1, 0.15) is 11.6 Å². The Morgan fingerprint density at radius 2 is 2.19 bits per heavy atom. The van der Waals surface area contributed by atoms with Crippen molar-refractivity contribution in [2.75, 3.05) is 20.7 Å². The molecular weight excluding hydrogens is 271 g/mol. The molecule has 0 aliphatic heterocycles. The van der Waals surface area contributed by atoms with E-state index in [4.69, 9.17) is 4.74 Å². The van der Waals surface area contributed by atoms with Gasteiger partial charge in [0.2, 0.25) is 5.91 Å². The lowest BCUT2D eigenvalue weighted by Gasteiger charge is -2.13. The average molecular weight is 294 g/mol. The van der Waals surface area contributed by atoms with E-state index >= 15 is 0 Å². The number of halogens is 1. The lowest BCUT2D eigenvalue weighted by Crippen LogP contribution is -2.22. The van der Waals surface area contributed by atoms with Crippen molar-refractivity contribution in [1.82, 2.24) is 10.2 Å². The molecule has 1 aromatic carbocycles. The highest BCUT2D eigenvalue weighted by Crippen LogP contribution is 2.23. The summed E-state index contributed by atoms with van der Waals surface area (Å²) in [6.07, 6.45) is 3.50. The van der Waals surface area contributed by atoms with E-state index in [1.165, 1.54) is 25.0 Å². The van der Waals surface area contributed by atoms with Crippen molar-refractivity contribution < 1.29 is 13.9 Å². The molecule has 0 aromatic heterocycles. The highest BCUT2D eigenvalue weighted by Gasteiger charge is 2.20. The van der Waals surface area contributed by atoms with Crippen molar-refractivity contribution in [1.29, 1.82) is 0 Å². The lowest BCUT2D eigenvalue weighted by atomic mass is 10.2. The molecule has 0 heterocycles. The number of hydrogen-bond donors (Lipinski definition) is 1. The number of benzene rings is 1. The van der Waals surface area contributed by atoms with Crippen molar-refractivity contribution in [3.8, 4) is 5.75 Å². The Morgan fingerprint density at radius 1 is 1.43 bits per heavy atom. The van der Waals surface area contributed by atoms with Gasteiger partial charge in [0.05, 0.1) is 6.61 Å². The molecule has 1 aliphatic carbocycles. The molecule has 0 unspecified atom stereocenters. The summed E-state index contributed by atoms with van der Waals surface area (Å²) < 4.78 is 19.0. The number of nitrogens with zero attached hydrogens (tertiary/aromatic N) is 1. The second-order valence-electron chi connectivity index (χ2n) is 5.65. The second kappa shape index (κ2) is 7.41. The molecule has 0 atom stereocenters. The van der Waals surface area contributed by atoms with Gasteiger partial charge in [-0.15, -0.1) is 0 Å². The van der Waals surface area contributed by atoms with Crippen molar-refractivity contribution in [2.24, 2.45) is 0 Å². The van der Waals surface area contributed by atoms with Crippen LogP contribution in [-0.4, -0.2) is 37.6 Å². The van der Waals surface area contributed by atoms with Gasteiger partial charge in [-0.25, -0.2) is 4.39 Å². The van der Waals surface area contributed by atoms with E-state index in [1.807, 2.05) is 0 Å². The molecule has 1 N–H and O–H groups in total. The van der Waals surface area contributed by atoms with Gasteiger partial charge in [-0.3, -0.25) is 4.79 Å². The Balaban J connectivity index is 1.81. The summed E-state index contributed by atoms with van der Waals surface area (Å²) in [5.41, 5.74) is 0.834. The first-order valence-corrected chi connectivity index (χ1v) is 7.41. The fraction of sp³-hybridized carbons (Fsp3) is 0.562. The number of nitrogens with one attached hydrogen (secondary N) is 1. The van der Waals surface area contributed by atoms with Crippen LogP contribution in [0.15, 0.2) is 18.2 Å². The van der Waals surface area contributed by atoms with E-state index in [0.29, 0.717) is 37.8 Å². The fourth-order valence-corrected chi connectivity index (χ4v) is 2.00. The van der Waals surface area contributed by atoms with Gasteiger partial charge in [0.15, 0.2) is 0 Å². The van der Waals surface area contributed by atoms with Crippen molar-refractivity contribution in [2.45, 2.75) is 38.3 Å². The number of rotatable bonds is 8. The molecule has 0 bridgehead atoms. The molecule has 1 saturated carbocycles. The molecule has 116 valence electrons. The van der Waals surface area contributed by atoms with Crippen molar-refractivity contribution in [3.05, 3.63) is 29.6 Å². The quantitative estimate of drug-likeness (QED) is 0.748. The van der Waals surface area contributed by atoms with Crippen molar-refractivity contribution in [3.63, 3.8) is 0 Å². The van der Waals surface area contributed by atoms with Crippen molar-refractivity contribution >= 4 is 5.91 Å². The zero-order chi connectivity index (χ0) is 15.2. The molecule has 5 heteroatoms. The van der Waals surface area contributed by atoms with Crippen LogP contribution in [0.2, 0.25) is 0 Å². The van der Waals surface area contributed by atoms with Crippen LogP contribution >= 0.6 is 0 Å². The van der Waals surface area contributed by atoms with Gasteiger partial charge in [0.25, 0.3) is 0 Å². The van der Waals surface area contributed by atoms with E-state index in [2.05, 4.69) is 5.32 Å². The van der Waals surface area contributed by atoms with Crippen LogP contribution in [0.4, 0.5) is 4.39 Å². The predicted molar refractivity (Wildman–Crippen MR) is 79.7 cm³/mol. The Morgan fingerprint density at radius 3 is 2.86 bits per heavy atom. The highest BCUT2D eigenvalue weighted by molar-refractivity contribution is 5.75. The number of amides is 1. The van der Waals surface area contributed by atoms with Crippen LogP contribution in [0.25, 0.3) is 0 Å². The summed E-state index contributed by atoms with van der Waals surface area (Å²) in [5, 5.41) is 3.36. The molecule has 0 spiro atoms. The van der Waals surface area contributed by atoms with Crippen LogP contribution < -0.4 is 10.1 Å². The maximum absolute atomic E-state index is 13.3. The van der Waals surface area contributed by atoms with Gasteiger partial charge in [-0.05, 0) is 37.5 Å². The third kappa shape index (κ3) is 5.34. The van der Waals surface area contributed by atoms with E-state index in [-0.39, 0.29) is 11.7 Å². The molecule has 2 rings (SSSR count). The molecule has 4 nitrogen and oxygen atoms in total. The fourth-order valence-electron chi connectivity index (χ4n) is 2.00. The minimum absolute atomic E-state index is 0.0910. The van der Waals surface area contributed by atoms with E-state index in [0.717, 1.165) is 5.56 Å². The summed E-state index contributed by atoms with van der Waals surface area (Å²) in [5.74, 6) is 0.535. The normalized spacial score (nSPS) is 14.0. The monoisotopic (exact) mass is 294 g/mol. The first-order chi connectivity index (χ1) is 10.1. The summed E-state index contributed by atoms with van der Waals surface area (Å²) in [6, 6.07) is 5.14. The topological polar surface area (TPSA) is 41.6 Å². The van der Waals surface area contributed by atoms with Gasteiger partial charge in [-0.1, -0.05) is 0 Å². The van der Waals surface area contributed by atoms with Gasteiger partial charge >= 0.3 is 0 Å². The Bertz CT molecular complexity index is 487. The molecule has 0 saturated heterocycles. The van der Waals surface area contributed by atoms with E-state index in [1.54, 1.807) is 25.1 Å². The van der Waals surface area contributed by atoms with Crippen LogP contribution in [-0.2, 0) is 11.3 Å². The minimum atomic E-state index is -0.252. The van der Waals surface area contributed by atoms with Crippen LogP contribution in [0.3, 0.4) is 0 Å². The third-order valence-electron chi connectivity index (χ3n) is 3.47. The first-order valence-electron chi connectivity index (χ1n) is 7.41. The number of carbonyl (C=O) groups is 1. The number of ether oxygens (including phenoxy) is 1. The zero-order valence-corrected chi connectivity index (χ0v) is 12.7. The zero-order valence-electron chi connectivity index (χ0n) is 12.7. The summed E-state index contributed by atoms with van der Waals surface area (Å²) in [6.45, 7) is 1.08. The smallest absolute Gasteiger partial charge is 0.222 e. The van der Waals surface area contributed by atoms with E-state index < -0.39 is 0 Å². The second-order valence-corrected chi connectivity index (χ2v) is 5.65. The average Bonchev–Trinajstić information content (AvgIpc) is 3.26. The first kappa shape index (κ1) is 15.8. The molecular formula is C16H23FN2O2. The van der Waals surface area contributed by atoms with Gasteiger partial charge in [0, 0.05) is 38.7 Å². The van der Waals surface area contributed by atoms with Gasteiger partial charge in [-0.2, -0.15) is 0 Å². The summed E-state index contributed by atoms with van der Waals surface area (Å²) >= 11 is 0. The van der Waals surface area contributed by atoms with E-state index in [9.17, 15) is 9.18 Å². The third-order valence-corrected chi connectivity index (χ3v) is 3.47. The maximum Gasteiger partial charge on any atom is 0.222 e. The lowest BCUT2D eigenvalue weighted by molar-refractivity contribution is -0.128. The predicted octanol–water partition coefficient (Wildman–Crippen LogP) is 2.32.